The number of carbonyl (C=O) groups excluding carboxylic acids is 3. The molecule has 0 amide bonds. The lowest BCUT2D eigenvalue weighted by molar-refractivity contribution is -0.150. The summed E-state index contributed by atoms with van der Waals surface area (Å²) >= 11 is 0. The van der Waals surface area contributed by atoms with Gasteiger partial charge in [-0.1, -0.05) is 0 Å². The number of nitrogens with zero attached hydrogens (tertiary/aromatic N) is 2. The van der Waals surface area contributed by atoms with Gasteiger partial charge in [0.2, 0.25) is 0 Å². The first-order chi connectivity index (χ1) is 16.6. The second-order valence-corrected chi connectivity index (χ2v) is 11.5. The highest BCUT2D eigenvalue weighted by molar-refractivity contribution is 6.21. The minimum absolute atomic E-state index is 0.0767. The van der Waals surface area contributed by atoms with Gasteiger partial charge in [0.05, 0.1) is 23.1 Å². The van der Waals surface area contributed by atoms with Gasteiger partial charge >= 0.3 is 12.1 Å². The number of aliphatic hydroxyl groups excluding tert-OH is 1. The molecule has 0 radical (unpaired) electrons. The van der Waals surface area contributed by atoms with Crippen LogP contribution in [-0.4, -0.2) is 43.7 Å². The number of ether oxygens (including phenoxy) is 2. The van der Waals surface area contributed by atoms with E-state index in [1.54, 1.807) is 53.7 Å². The maximum Gasteiger partial charge on any atom is 0.420 e. The fraction of sp³-hybridized carbons (Fsp3) is 0.556. The Morgan fingerprint density at radius 3 is 2.36 bits per heavy atom. The van der Waals surface area contributed by atoms with E-state index in [0.717, 1.165) is 12.8 Å². The number of cyclic esters (lactones) is 1. The number of carbonyl (C=O) groups is 3. The van der Waals surface area contributed by atoms with Crippen LogP contribution >= 0.6 is 0 Å². The predicted octanol–water partition coefficient (Wildman–Crippen LogP) is 4.35. The molecule has 1 saturated carbocycles. The minimum Gasteiger partial charge on any atom is -0.459 e. The molecule has 1 saturated heterocycles. The van der Waals surface area contributed by atoms with Crippen molar-refractivity contribution in [2.75, 3.05) is 0 Å². The molecule has 2 heterocycles. The molecule has 1 aromatic carbocycles. The highest BCUT2D eigenvalue weighted by Crippen LogP contribution is 2.44. The first-order valence-corrected chi connectivity index (χ1v) is 12.3. The minimum atomic E-state index is -1.26. The lowest BCUT2D eigenvalue weighted by Gasteiger charge is -2.21. The highest BCUT2D eigenvalue weighted by atomic mass is 16.6. The fourth-order valence-electron chi connectivity index (χ4n) is 4.87. The normalized spacial score (nSPS) is 21.2. The summed E-state index contributed by atoms with van der Waals surface area (Å²) in [5, 5.41) is 11.5. The molecule has 3 N–H and O–H groups in total. The van der Waals surface area contributed by atoms with Crippen molar-refractivity contribution < 1.29 is 29.0 Å². The third-order valence-electron chi connectivity index (χ3n) is 6.46. The first-order valence-electron chi connectivity index (χ1n) is 12.3. The van der Waals surface area contributed by atoms with Crippen LogP contribution in [0.5, 0.6) is 0 Å². The van der Waals surface area contributed by atoms with Gasteiger partial charge in [0.25, 0.3) is 0 Å². The average molecular weight is 498 g/mol. The molecule has 9 nitrogen and oxygen atoms in total. The molecule has 36 heavy (non-hydrogen) atoms. The number of imidazole rings is 1. The van der Waals surface area contributed by atoms with Crippen LogP contribution in [0.3, 0.4) is 0 Å². The van der Waals surface area contributed by atoms with Crippen LogP contribution in [0.1, 0.15) is 96.7 Å². The molecule has 2 unspecified atom stereocenters. The van der Waals surface area contributed by atoms with Gasteiger partial charge in [-0.15, -0.1) is 0 Å². The van der Waals surface area contributed by atoms with Crippen LogP contribution in [0.4, 0.5) is 4.79 Å². The molecule has 1 aromatic heterocycles. The number of nitrogens with two attached hydrogens (primary N) is 1. The summed E-state index contributed by atoms with van der Waals surface area (Å²) in [4.78, 5) is 43.4. The molecule has 0 spiro atoms. The van der Waals surface area contributed by atoms with Crippen molar-refractivity contribution in [2.24, 2.45) is 11.7 Å². The number of allylic oxidation sites excluding steroid dienone is 2. The van der Waals surface area contributed by atoms with Crippen LogP contribution < -0.4 is 5.73 Å². The van der Waals surface area contributed by atoms with E-state index in [2.05, 4.69) is 0 Å². The van der Waals surface area contributed by atoms with Gasteiger partial charge in [0.15, 0.2) is 5.78 Å². The number of ketones is 1. The van der Waals surface area contributed by atoms with E-state index in [-0.39, 0.29) is 17.3 Å². The second-order valence-electron chi connectivity index (χ2n) is 11.5. The third kappa shape index (κ3) is 4.89. The third-order valence-corrected chi connectivity index (χ3v) is 6.46. The number of fused-ring (bicyclic) bond motifs is 1. The predicted molar refractivity (Wildman–Crippen MR) is 134 cm³/mol. The molecule has 1 aliphatic carbocycles. The Hall–Kier alpha value is -3.20. The van der Waals surface area contributed by atoms with Crippen molar-refractivity contribution in [3.05, 3.63) is 34.8 Å². The Kier molecular flexibility index (Phi) is 6.27. The largest absolute Gasteiger partial charge is 0.459 e. The summed E-state index contributed by atoms with van der Waals surface area (Å²) in [6.07, 6.45) is 0.207. The van der Waals surface area contributed by atoms with E-state index in [9.17, 15) is 19.5 Å². The zero-order chi connectivity index (χ0) is 26.7. The van der Waals surface area contributed by atoms with Gasteiger partial charge < -0.3 is 20.3 Å². The van der Waals surface area contributed by atoms with E-state index in [1.807, 2.05) is 0 Å². The first kappa shape index (κ1) is 25.9. The van der Waals surface area contributed by atoms with Crippen molar-refractivity contribution in [3.63, 3.8) is 0 Å². The summed E-state index contributed by atoms with van der Waals surface area (Å²) in [7, 11) is 0. The van der Waals surface area contributed by atoms with Crippen molar-refractivity contribution >= 4 is 34.5 Å². The Morgan fingerprint density at radius 2 is 1.89 bits per heavy atom. The van der Waals surface area contributed by atoms with Crippen LogP contribution in [-0.2, 0) is 19.1 Å². The number of benzene rings is 1. The van der Waals surface area contributed by atoms with E-state index >= 15 is 0 Å². The van der Waals surface area contributed by atoms with Crippen LogP contribution in [0.25, 0.3) is 16.6 Å². The highest BCUT2D eigenvalue weighted by Gasteiger charge is 2.45. The zero-order valence-corrected chi connectivity index (χ0v) is 22.0. The molecule has 2 atom stereocenters. The van der Waals surface area contributed by atoms with E-state index in [1.165, 1.54) is 11.5 Å². The Morgan fingerprint density at radius 1 is 1.25 bits per heavy atom. The monoisotopic (exact) mass is 497 g/mol. The second kappa shape index (κ2) is 8.73. The van der Waals surface area contributed by atoms with Gasteiger partial charge in [-0.3, -0.25) is 9.59 Å². The molecule has 0 bridgehead atoms. The topological polar surface area (TPSA) is 134 Å². The molecular formula is C27H35N3O6. The summed E-state index contributed by atoms with van der Waals surface area (Å²) < 4.78 is 12.6. The number of rotatable bonds is 5. The van der Waals surface area contributed by atoms with Gasteiger partial charge in [-0.05, 0) is 79.0 Å². The zero-order valence-electron chi connectivity index (χ0n) is 22.0. The lowest BCUT2D eigenvalue weighted by atomic mass is 9.87. The van der Waals surface area contributed by atoms with Crippen LogP contribution in [0.2, 0.25) is 0 Å². The Balaban J connectivity index is 1.99. The summed E-state index contributed by atoms with van der Waals surface area (Å²) in [6.45, 7) is 12.0. The van der Waals surface area contributed by atoms with Gasteiger partial charge in [0.1, 0.15) is 17.0 Å². The quantitative estimate of drug-likeness (QED) is 0.460. The number of aliphatic hydroxyl groups is 1. The lowest BCUT2D eigenvalue weighted by Crippen LogP contribution is -2.28. The van der Waals surface area contributed by atoms with E-state index in [4.69, 9.17) is 20.2 Å². The van der Waals surface area contributed by atoms with E-state index < -0.39 is 35.3 Å². The number of Topliss-reactive ketones (excluding diaryl/α,β-unsaturated/α-hetero) is 1. The van der Waals surface area contributed by atoms with Gasteiger partial charge in [-0.2, -0.15) is 0 Å². The smallest absolute Gasteiger partial charge is 0.420 e. The maximum absolute atomic E-state index is 13.4. The molecule has 2 aliphatic rings. The number of esters is 1. The molecule has 9 heteroatoms. The summed E-state index contributed by atoms with van der Waals surface area (Å²) in [5.41, 5.74) is 6.73. The summed E-state index contributed by atoms with van der Waals surface area (Å²) in [5.74, 6) is -0.970. The Bertz CT molecular complexity index is 1290. The van der Waals surface area contributed by atoms with Crippen molar-refractivity contribution in [2.45, 2.75) is 91.0 Å². The van der Waals surface area contributed by atoms with Crippen molar-refractivity contribution in [1.29, 1.82) is 0 Å². The van der Waals surface area contributed by atoms with Gasteiger partial charge in [0, 0.05) is 29.2 Å². The standard InChI is InChI=1S/C27H35N3O6/c1-13(28)20(14(2)31)16-10-17(22(32)18-12-27(6,7)35-24(18)33)21-19(11-16)30(23(29-21)15-8-9-15)25(34)36-26(3,4)5/h10-11,15,18,22,32H,8-9,12,28H2,1-7H3. The van der Waals surface area contributed by atoms with Crippen molar-refractivity contribution in [3.8, 4) is 0 Å². The summed E-state index contributed by atoms with van der Waals surface area (Å²) in [6, 6.07) is 3.32. The molecule has 194 valence electrons. The van der Waals surface area contributed by atoms with Crippen LogP contribution in [0, 0.1) is 5.92 Å². The Labute approximate surface area is 210 Å². The number of hydrogen-bond donors (Lipinski definition) is 2. The SMILES string of the molecule is CC(=O)C(=C(C)N)c1cc(C(O)C2CC(C)(C)OC2=O)c2nc(C3CC3)n(C(=O)OC(C)(C)C)c2c1. The average Bonchev–Trinajstić information content (AvgIpc) is 3.42. The number of aromatic nitrogens is 2. The molecule has 4 rings (SSSR count). The molecule has 2 aromatic rings. The fourth-order valence-corrected chi connectivity index (χ4v) is 4.87. The van der Waals surface area contributed by atoms with Crippen molar-refractivity contribution in [1.82, 2.24) is 9.55 Å². The molecular weight excluding hydrogens is 462 g/mol. The van der Waals surface area contributed by atoms with Crippen LogP contribution in [0.15, 0.2) is 17.8 Å². The molecule has 2 fully saturated rings. The van der Waals surface area contributed by atoms with E-state index in [0.29, 0.717) is 40.1 Å². The van der Waals surface area contributed by atoms with Gasteiger partial charge in [-0.25, -0.2) is 14.3 Å². The maximum atomic E-state index is 13.4. The number of hydrogen-bond acceptors (Lipinski definition) is 8. The molecule has 1 aliphatic heterocycles.